The molecule has 0 aromatic heterocycles. The number of hydrogen-bond acceptors (Lipinski definition) is 4. The fraction of sp³-hybridized carbons (Fsp3) is 0.958. The van der Waals surface area contributed by atoms with Crippen LogP contribution in [0.3, 0.4) is 0 Å². The highest BCUT2D eigenvalue weighted by Crippen LogP contribution is 2.28. The third kappa shape index (κ3) is 6.03. The molecular weight excluding hydrogens is 346 g/mol. The van der Waals surface area contributed by atoms with Crippen molar-refractivity contribution >= 4 is 5.78 Å². The average molecular weight is 392 g/mol. The van der Waals surface area contributed by atoms with E-state index in [1.54, 1.807) is 0 Å². The van der Waals surface area contributed by atoms with Gasteiger partial charge in [0, 0.05) is 23.9 Å². The van der Waals surface area contributed by atoms with Crippen LogP contribution in [-0.4, -0.2) is 78.4 Å². The van der Waals surface area contributed by atoms with E-state index in [4.69, 9.17) is 0 Å². The van der Waals surface area contributed by atoms with Gasteiger partial charge in [-0.25, -0.2) is 0 Å². The summed E-state index contributed by atoms with van der Waals surface area (Å²) in [6.45, 7) is 17.5. The zero-order valence-electron chi connectivity index (χ0n) is 19.0. The number of rotatable bonds is 7. The molecule has 0 amide bonds. The predicted octanol–water partition coefficient (Wildman–Crippen LogP) is 3.90. The molecule has 0 aromatic rings. The minimum Gasteiger partial charge on any atom is -0.303 e. The molecule has 3 heterocycles. The van der Waals surface area contributed by atoms with Crippen LogP contribution in [0, 0.1) is 17.8 Å². The molecule has 0 unspecified atom stereocenters. The van der Waals surface area contributed by atoms with Crippen LogP contribution in [0.25, 0.3) is 0 Å². The Balaban J connectivity index is 1.35. The van der Waals surface area contributed by atoms with Gasteiger partial charge < -0.3 is 14.7 Å². The SMILES string of the molecule is CC(C)CCN1CCC(N2CCC(N3CCC(C(=O)C(C)C)CC3)CC2)CC1. The Labute approximate surface area is 174 Å². The van der Waals surface area contributed by atoms with Gasteiger partial charge in [0.2, 0.25) is 0 Å². The lowest BCUT2D eigenvalue weighted by atomic mass is 9.86. The van der Waals surface area contributed by atoms with Gasteiger partial charge in [-0.15, -0.1) is 0 Å². The van der Waals surface area contributed by atoms with Gasteiger partial charge in [0.05, 0.1) is 0 Å². The Kier molecular flexibility index (Phi) is 8.37. The number of carbonyl (C=O) groups is 1. The van der Waals surface area contributed by atoms with Gasteiger partial charge in [-0.2, -0.15) is 0 Å². The summed E-state index contributed by atoms with van der Waals surface area (Å²) in [5.41, 5.74) is 0. The minimum atomic E-state index is 0.205. The first-order chi connectivity index (χ1) is 13.4. The van der Waals surface area contributed by atoms with Gasteiger partial charge >= 0.3 is 0 Å². The summed E-state index contributed by atoms with van der Waals surface area (Å²) in [6.07, 6.45) is 8.91. The molecule has 4 heteroatoms. The third-order valence-electron chi connectivity index (χ3n) is 7.61. The van der Waals surface area contributed by atoms with E-state index in [0.717, 1.165) is 43.9 Å². The van der Waals surface area contributed by atoms with Crippen molar-refractivity contribution in [2.45, 2.75) is 84.7 Å². The Bertz CT molecular complexity index is 468. The van der Waals surface area contributed by atoms with Gasteiger partial charge in [-0.3, -0.25) is 4.79 Å². The second kappa shape index (κ2) is 10.5. The van der Waals surface area contributed by atoms with E-state index in [2.05, 4.69) is 42.4 Å². The molecule has 3 rings (SSSR count). The Morgan fingerprint density at radius 3 is 1.68 bits per heavy atom. The van der Waals surface area contributed by atoms with Crippen LogP contribution in [0.1, 0.15) is 72.6 Å². The number of carbonyl (C=O) groups excluding carboxylic acids is 1. The zero-order chi connectivity index (χ0) is 20.1. The van der Waals surface area contributed by atoms with Crippen molar-refractivity contribution in [3.8, 4) is 0 Å². The number of nitrogens with zero attached hydrogens (tertiary/aromatic N) is 3. The Hall–Kier alpha value is -0.450. The quantitative estimate of drug-likeness (QED) is 0.658. The molecule has 0 aromatic carbocycles. The van der Waals surface area contributed by atoms with Gasteiger partial charge in [-0.05, 0) is 96.7 Å². The van der Waals surface area contributed by atoms with E-state index >= 15 is 0 Å². The second-order valence-corrected chi connectivity index (χ2v) is 10.4. The smallest absolute Gasteiger partial charge is 0.138 e. The zero-order valence-corrected chi connectivity index (χ0v) is 19.0. The van der Waals surface area contributed by atoms with Crippen LogP contribution >= 0.6 is 0 Å². The Morgan fingerprint density at radius 2 is 1.21 bits per heavy atom. The predicted molar refractivity (Wildman–Crippen MR) is 118 cm³/mol. The van der Waals surface area contributed by atoms with Crippen molar-refractivity contribution in [3.05, 3.63) is 0 Å². The molecule has 0 spiro atoms. The standard InChI is InChI=1S/C24H45N3O/c1-19(2)5-12-25-13-8-22(9-14-25)27-17-10-23(11-18-27)26-15-6-21(7-16-26)24(28)20(3)4/h19-23H,5-18H2,1-4H3. The number of ketones is 1. The van der Waals surface area contributed by atoms with Gasteiger partial charge in [-0.1, -0.05) is 27.7 Å². The molecule has 0 N–H and O–H groups in total. The van der Waals surface area contributed by atoms with E-state index in [1.807, 2.05) is 0 Å². The molecule has 4 nitrogen and oxygen atoms in total. The number of likely N-dealkylation sites (tertiary alicyclic amines) is 3. The molecule has 0 saturated carbocycles. The maximum Gasteiger partial charge on any atom is 0.138 e. The maximum atomic E-state index is 12.3. The van der Waals surface area contributed by atoms with Crippen LogP contribution in [0.5, 0.6) is 0 Å². The monoisotopic (exact) mass is 391 g/mol. The second-order valence-electron chi connectivity index (χ2n) is 10.4. The first-order valence-corrected chi connectivity index (χ1v) is 12.2. The van der Waals surface area contributed by atoms with Crippen LogP contribution in [0.2, 0.25) is 0 Å². The third-order valence-corrected chi connectivity index (χ3v) is 7.61. The molecule has 3 saturated heterocycles. The molecule has 162 valence electrons. The lowest BCUT2D eigenvalue weighted by Gasteiger charge is -2.45. The van der Waals surface area contributed by atoms with Crippen molar-refractivity contribution < 1.29 is 4.79 Å². The van der Waals surface area contributed by atoms with Gasteiger partial charge in [0.1, 0.15) is 5.78 Å². The first-order valence-electron chi connectivity index (χ1n) is 12.2. The summed E-state index contributed by atoms with van der Waals surface area (Å²) in [6, 6.07) is 1.59. The highest BCUT2D eigenvalue weighted by molar-refractivity contribution is 5.82. The highest BCUT2D eigenvalue weighted by Gasteiger charge is 2.33. The molecule has 0 radical (unpaired) electrons. The van der Waals surface area contributed by atoms with Crippen LogP contribution in [0.15, 0.2) is 0 Å². The largest absolute Gasteiger partial charge is 0.303 e. The molecular formula is C24H45N3O. The summed E-state index contributed by atoms with van der Waals surface area (Å²) in [7, 11) is 0. The Morgan fingerprint density at radius 1 is 0.750 bits per heavy atom. The van der Waals surface area contributed by atoms with E-state index in [-0.39, 0.29) is 5.92 Å². The van der Waals surface area contributed by atoms with Crippen LogP contribution in [-0.2, 0) is 4.79 Å². The summed E-state index contributed by atoms with van der Waals surface area (Å²) >= 11 is 0. The normalized spacial score (nSPS) is 25.8. The summed E-state index contributed by atoms with van der Waals surface area (Å²) in [5, 5.41) is 0. The molecule has 0 aliphatic carbocycles. The number of hydrogen-bond donors (Lipinski definition) is 0. The molecule has 0 bridgehead atoms. The summed E-state index contributed by atoms with van der Waals surface area (Å²) in [5.74, 6) is 1.85. The number of piperidine rings is 3. The highest BCUT2D eigenvalue weighted by atomic mass is 16.1. The van der Waals surface area contributed by atoms with Crippen LogP contribution in [0.4, 0.5) is 0 Å². The van der Waals surface area contributed by atoms with Crippen molar-refractivity contribution in [1.29, 1.82) is 0 Å². The topological polar surface area (TPSA) is 26.8 Å². The van der Waals surface area contributed by atoms with Crippen molar-refractivity contribution in [2.75, 3.05) is 45.8 Å². The molecule has 28 heavy (non-hydrogen) atoms. The van der Waals surface area contributed by atoms with E-state index in [0.29, 0.717) is 11.7 Å². The van der Waals surface area contributed by atoms with Crippen LogP contribution < -0.4 is 0 Å². The molecule has 3 aliphatic heterocycles. The molecule has 3 fully saturated rings. The first kappa shape index (κ1) is 22.2. The van der Waals surface area contributed by atoms with Gasteiger partial charge in [0.15, 0.2) is 0 Å². The van der Waals surface area contributed by atoms with Gasteiger partial charge in [0.25, 0.3) is 0 Å². The van der Waals surface area contributed by atoms with Crippen molar-refractivity contribution in [1.82, 2.24) is 14.7 Å². The lowest BCUT2D eigenvalue weighted by Crippen LogP contribution is -2.52. The van der Waals surface area contributed by atoms with Crippen molar-refractivity contribution in [2.24, 2.45) is 17.8 Å². The average Bonchev–Trinajstić information content (AvgIpc) is 2.72. The maximum absolute atomic E-state index is 12.3. The molecule has 0 atom stereocenters. The van der Waals surface area contributed by atoms with E-state index in [1.165, 1.54) is 64.8 Å². The van der Waals surface area contributed by atoms with E-state index in [9.17, 15) is 4.79 Å². The summed E-state index contributed by atoms with van der Waals surface area (Å²) in [4.78, 5) is 20.5. The minimum absolute atomic E-state index is 0.205. The number of Topliss-reactive ketones (excluding diaryl/α,β-unsaturated/α-hetero) is 1. The van der Waals surface area contributed by atoms with Crippen molar-refractivity contribution in [3.63, 3.8) is 0 Å². The fourth-order valence-electron chi connectivity index (χ4n) is 5.59. The fourth-order valence-corrected chi connectivity index (χ4v) is 5.59. The molecule has 3 aliphatic rings. The lowest BCUT2D eigenvalue weighted by molar-refractivity contribution is -0.127. The van der Waals surface area contributed by atoms with E-state index < -0.39 is 0 Å². The summed E-state index contributed by atoms with van der Waals surface area (Å²) < 4.78 is 0.